The monoisotopic (exact) mass is 495 g/mol. The standard InChI is InChI=1S/C27H33N3O4S/c1-20(26(32)28-27(2,3)4)30(18-21-11-7-6-8-12-21)25(31)19-29(5)35(33,34)24-16-15-22-13-9-10-14-23(22)17-24/h6-17,20H,18-19H2,1-5H3,(H,28,32)/t20-/m0/s1. The van der Waals surface area contributed by atoms with Crippen molar-refractivity contribution in [2.75, 3.05) is 13.6 Å². The first kappa shape index (κ1) is 26.4. The van der Waals surface area contributed by atoms with E-state index < -0.39 is 34.1 Å². The Morgan fingerprint density at radius 1 is 0.914 bits per heavy atom. The lowest BCUT2D eigenvalue weighted by Crippen LogP contribution is -2.54. The highest BCUT2D eigenvalue weighted by Gasteiger charge is 2.31. The molecule has 3 aromatic carbocycles. The Kier molecular flexibility index (Phi) is 7.97. The molecular weight excluding hydrogens is 462 g/mol. The van der Waals surface area contributed by atoms with Crippen molar-refractivity contribution in [1.29, 1.82) is 0 Å². The number of nitrogens with one attached hydrogen (secondary N) is 1. The summed E-state index contributed by atoms with van der Waals surface area (Å²) < 4.78 is 27.6. The van der Waals surface area contributed by atoms with Crippen LogP contribution in [0.4, 0.5) is 0 Å². The number of nitrogens with zero attached hydrogens (tertiary/aromatic N) is 2. The molecule has 0 aromatic heterocycles. The van der Waals surface area contributed by atoms with E-state index in [-0.39, 0.29) is 17.3 Å². The number of likely N-dealkylation sites (N-methyl/N-ethyl adjacent to an activating group) is 1. The molecule has 0 radical (unpaired) electrons. The second kappa shape index (κ2) is 10.6. The van der Waals surface area contributed by atoms with E-state index in [1.807, 2.05) is 75.4 Å². The van der Waals surface area contributed by atoms with Gasteiger partial charge in [-0.1, -0.05) is 60.7 Å². The van der Waals surface area contributed by atoms with E-state index >= 15 is 0 Å². The molecular formula is C27H33N3O4S. The molecule has 3 rings (SSSR count). The molecule has 186 valence electrons. The van der Waals surface area contributed by atoms with E-state index in [4.69, 9.17) is 0 Å². The van der Waals surface area contributed by atoms with E-state index in [9.17, 15) is 18.0 Å². The molecule has 1 atom stereocenters. The lowest BCUT2D eigenvalue weighted by atomic mass is 10.1. The van der Waals surface area contributed by atoms with Crippen molar-refractivity contribution >= 4 is 32.6 Å². The second-order valence-electron chi connectivity index (χ2n) is 9.69. The number of amides is 2. The summed E-state index contributed by atoms with van der Waals surface area (Å²) in [6.07, 6.45) is 0. The van der Waals surface area contributed by atoms with Crippen LogP contribution in [0.5, 0.6) is 0 Å². The highest BCUT2D eigenvalue weighted by Crippen LogP contribution is 2.22. The zero-order valence-electron chi connectivity index (χ0n) is 20.9. The Bertz CT molecular complexity index is 1300. The van der Waals surface area contributed by atoms with Crippen molar-refractivity contribution in [3.05, 3.63) is 78.4 Å². The summed E-state index contributed by atoms with van der Waals surface area (Å²) in [4.78, 5) is 27.8. The maximum atomic E-state index is 13.4. The number of sulfonamides is 1. The number of rotatable bonds is 8. The van der Waals surface area contributed by atoms with E-state index in [1.165, 1.54) is 11.9 Å². The van der Waals surface area contributed by atoms with Gasteiger partial charge in [0.25, 0.3) is 0 Å². The molecule has 8 heteroatoms. The van der Waals surface area contributed by atoms with Crippen molar-refractivity contribution in [3.63, 3.8) is 0 Å². The molecule has 0 aliphatic rings. The van der Waals surface area contributed by atoms with Crippen molar-refractivity contribution in [1.82, 2.24) is 14.5 Å². The van der Waals surface area contributed by atoms with Gasteiger partial charge in [-0.3, -0.25) is 9.59 Å². The molecule has 0 spiro atoms. The molecule has 0 bridgehead atoms. The highest BCUT2D eigenvalue weighted by atomic mass is 32.2. The molecule has 0 heterocycles. The minimum atomic E-state index is -3.92. The first-order valence-corrected chi connectivity index (χ1v) is 12.9. The lowest BCUT2D eigenvalue weighted by molar-refractivity contribution is -0.141. The Labute approximate surface area is 207 Å². The SMILES string of the molecule is C[C@@H](C(=O)NC(C)(C)C)N(Cc1ccccc1)C(=O)CN(C)S(=O)(=O)c1ccc2ccccc2c1. The molecule has 35 heavy (non-hydrogen) atoms. The van der Waals surface area contributed by atoms with Crippen LogP contribution in [0.3, 0.4) is 0 Å². The fraction of sp³-hybridized carbons (Fsp3) is 0.333. The van der Waals surface area contributed by atoms with Gasteiger partial charge >= 0.3 is 0 Å². The Morgan fingerprint density at radius 2 is 1.51 bits per heavy atom. The summed E-state index contributed by atoms with van der Waals surface area (Å²) in [6, 6.07) is 20.9. The summed E-state index contributed by atoms with van der Waals surface area (Å²) in [5.74, 6) is -0.765. The predicted octanol–water partition coefficient (Wildman–Crippen LogP) is 3.79. The number of hydrogen-bond donors (Lipinski definition) is 1. The van der Waals surface area contributed by atoms with Gasteiger partial charge in [0.15, 0.2) is 0 Å². The van der Waals surface area contributed by atoms with Gasteiger partial charge in [-0.25, -0.2) is 8.42 Å². The third-order valence-corrected chi connectivity index (χ3v) is 7.45. The van der Waals surface area contributed by atoms with Gasteiger partial charge in [0, 0.05) is 19.1 Å². The topological polar surface area (TPSA) is 86.8 Å². The molecule has 0 unspecified atom stereocenters. The van der Waals surface area contributed by atoms with Gasteiger partial charge in [0.1, 0.15) is 6.04 Å². The molecule has 7 nitrogen and oxygen atoms in total. The fourth-order valence-electron chi connectivity index (χ4n) is 3.71. The van der Waals surface area contributed by atoms with Crippen LogP contribution in [0.15, 0.2) is 77.7 Å². The van der Waals surface area contributed by atoms with Crippen LogP contribution in [-0.4, -0.2) is 54.6 Å². The highest BCUT2D eigenvalue weighted by molar-refractivity contribution is 7.89. The number of fused-ring (bicyclic) bond motifs is 1. The maximum Gasteiger partial charge on any atom is 0.243 e. The summed E-state index contributed by atoms with van der Waals surface area (Å²) >= 11 is 0. The van der Waals surface area contributed by atoms with Gasteiger partial charge in [-0.2, -0.15) is 4.31 Å². The lowest BCUT2D eigenvalue weighted by Gasteiger charge is -2.32. The third kappa shape index (κ3) is 6.68. The predicted molar refractivity (Wildman–Crippen MR) is 138 cm³/mol. The summed E-state index contributed by atoms with van der Waals surface area (Å²) in [7, 11) is -2.54. The maximum absolute atomic E-state index is 13.4. The molecule has 0 fully saturated rings. The van der Waals surface area contributed by atoms with Crippen molar-refractivity contribution in [3.8, 4) is 0 Å². The average molecular weight is 496 g/mol. The minimum Gasteiger partial charge on any atom is -0.350 e. The van der Waals surface area contributed by atoms with Crippen LogP contribution >= 0.6 is 0 Å². The van der Waals surface area contributed by atoms with Crippen molar-refractivity contribution in [2.45, 2.75) is 50.7 Å². The Morgan fingerprint density at radius 3 is 2.14 bits per heavy atom. The summed E-state index contributed by atoms with van der Waals surface area (Å²) in [5, 5.41) is 4.63. The van der Waals surface area contributed by atoms with Crippen LogP contribution in [0.1, 0.15) is 33.3 Å². The molecule has 2 amide bonds. The van der Waals surface area contributed by atoms with Gasteiger partial charge in [-0.05, 0) is 56.2 Å². The van der Waals surface area contributed by atoms with Crippen LogP contribution in [-0.2, 0) is 26.2 Å². The molecule has 0 saturated heterocycles. The normalized spacial score (nSPS) is 13.0. The van der Waals surface area contributed by atoms with Crippen LogP contribution in [0, 0.1) is 0 Å². The number of carbonyl (C=O) groups excluding carboxylic acids is 2. The molecule has 3 aromatic rings. The Hall–Kier alpha value is -3.23. The third-order valence-electron chi connectivity index (χ3n) is 5.65. The van der Waals surface area contributed by atoms with Crippen molar-refractivity contribution < 1.29 is 18.0 Å². The Balaban J connectivity index is 1.84. The van der Waals surface area contributed by atoms with Gasteiger partial charge in [0.05, 0.1) is 11.4 Å². The molecule has 1 N–H and O–H groups in total. The zero-order valence-corrected chi connectivity index (χ0v) is 21.7. The molecule has 0 aliphatic carbocycles. The summed E-state index contributed by atoms with van der Waals surface area (Å²) in [5.41, 5.74) is 0.375. The molecule has 0 saturated carbocycles. The molecule has 0 aliphatic heterocycles. The van der Waals surface area contributed by atoms with Crippen LogP contribution < -0.4 is 5.32 Å². The van der Waals surface area contributed by atoms with Gasteiger partial charge < -0.3 is 10.2 Å². The van der Waals surface area contributed by atoms with Gasteiger partial charge in [-0.15, -0.1) is 0 Å². The first-order valence-electron chi connectivity index (χ1n) is 11.5. The largest absolute Gasteiger partial charge is 0.350 e. The van der Waals surface area contributed by atoms with Crippen LogP contribution in [0.2, 0.25) is 0 Å². The first-order chi connectivity index (χ1) is 16.4. The quantitative estimate of drug-likeness (QED) is 0.515. The van der Waals surface area contributed by atoms with E-state index in [0.717, 1.165) is 20.6 Å². The minimum absolute atomic E-state index is 0.111. The van der Waals surface area contributed by atoms with Crippen molar-refractivity contribution in [2.24, 2.45) is 0 Å². The van der Waals surface area contributed by atoms with E-state index in [0.29, 0.717) is 0 Å². The number of benzene rings is 3. The average Bonchev–Trinajstić information content (AvgIpc) is 2.81. The zero-order chi connectivity index (χ0) is 25.8. The number of carbonyl (C=O) groups is 2. The fourth-order valence-corrected chi connectivity index (χ4v) is 4.87. The van der Waals surface area contributed by atoms with E-state index in [1.54, 1.807) is 25.1 Å². The second-order valence-corrected chi connectivity index (χ2v) is 11.7. The summed E-state index contributed by atoms with van der Waals surface area (Å²) in [6.45, 7) is 7.04. The number of hydrogen-bond acceptors (Lipinski definition) is 4. The van der Waals surface area contributed by atoms with E-state index in [2.05, 4.69) is 5.32 Å². The van der Waals surface area contributed by atoms with Crippen LogP contribution in [0.25, 0.3) is 10.8 Å². The van der Waals surface area contributed by atoms with Gasteiger partial charge in [0.2, 0.25) is 21.8 Å². The smallest absolute Gasteiger partial charge is 0.243 e.